The van der Waals surface area contributed by atoms with Crippen LogP contribution in [0.1, 0.15) is 35.5 Å². The molecule has 0 spiro atoms. The van der Waals surface area contributed by atoms with E-state index in [0.29, 0.717) is 43.6 Å². The highest BCUT2D eigenvalue weighted by molar-refractivity contribution is 6.00. The van der Waals surface area contributed by atoms with Crippen molar-refractivity contribution >= 4 is 5.91 Å². The Morgan fingerprint density at radius 3 is 2.80 bits per heavy atom. The number of nitrogens with zero attached hydrogens (tertiary/aromatic N) is 3. The van der Waals surface area contributed by atoms with Gasteiger partial charge < -0.3 is 19.1 Å². The van der Waals surface area contributed by atoms with Crippen LogP contribution in [0.2, 0.25) is 0 Å². The lowest BCUT2D eigenvalue weighted by molar-refractivity contribution is 0.0830. The molecule has 1 amide bonds. The van der Waals surface area contributed by atoms with Gasteiger partial charge in [0.25, 0.3) is 11.8 Å². The van der Waals surface area contributed by atoms with E-state index in [-0.39, 0.29) is 5.91 Å². The molecule has 3 rings (SSSR count). The molecular weight excluding hydrogens is 382 g/mol. The summed E-state index contributed by atoms with van der Waals surface area (Å²) in [4.78, 5) is 23.7. The van der Waals surface area contributed by atoms with Crippen molar-refractivity contribution in [1.82, 2.24) is 14.9 Å². The molecule has 0 atom stereocenters. The van der Waals surface area contributed by atoms with E-state index < -0.39 is 0 Å². The van der Waals surface area contributed by atoms with Crippen LogP contribution in [0.25, 0.3) is 11.3 Å². The molecule has 1 aliphatic rings. The van der Waals surface area contributed by atoms with Crippen LogP contribution in [0.3, 0.4) is 0 Å². The smallest absolute Gasteiger partial charge is 0.260 e. The molecule has 0 aromatic carbocycles. The van der Waals surface area contributed by atoms with Crippen LogP contribution >= 0.6 is 0 Å². The summed E-state index contributed by atoms with van der Waals surface area (Å²) in [7, 11) is 1.57. The van der Waals surface area contributed by atoms with Crippen LogP contribution in [-0.4, -0.2) is 47.7 Å². The Morgan fingerprint density at radius 2 is 2.13 bits per heavy atom. The molecule has 2 aromatic rings. The van der Waals surface area contributed by atoms with Gasteiger partial charge in [-0.05, 0) is 44.5 Å². The number of pyridine rings is 2. The zero-order chi connectivity index (χ0) is 21.7. The first kappa shape index (κ1) is 21.5. The molecule has 0 fully saturated rings. The first-order valence-corrected chi connectivity index (χ1v) is 9.90. The number of carbonyl (C=O) groups excluding carboxylic acids is 1. The third-order valence-electron chi connectivity index (χ3n) is 4.88. The van der Waals surface area contributed by atoms with Gasteiger partial charge in [0.2, 0.25) is 0 Å². The lowest BCUT2D eigenvalue weighted by atomic mass is 10.0. The highest BCUT2D eigenvalue weighted by Gasteiger charge is 2.32. The number of rotatable bonds is 9. The summed E-state index contributed by atoms with van der Waals surface area (Å²) in [5.74, 6) is 0.872. The Bertz CT molecular complexity index is 985. The molecule has 0 saturated carbocycles. The van der Waals surface area contributed by atoms with Gasteiger partial charge in [-0.15, -0.1) is 0 Å². The molecule has 7 heteroatoms. The van der Waals surface area contributed by atoms with E-state index in [1.807, 2.05) is 39.0 Å². The SMILES string of the molecule is C=C/C(=C\C)N1Cc2nc(-c3cnc(OCCOCC)c(OC)c3)cc(C)c2C1=O. The number of carbonyl (C=O) groups is 1. The van der Waals surface area contributed by atoms with Crippen molar-refractivity contribution in [2.75, 3.05) is 26.9 Å². The second kappa shape index (κ2) is 9.54. The topological polar surface area (TPSA) is 73.8 Å². The Balaban J connectivity index is 1.90. The van der Waals surface area contributed by atoms with E-state index >= 15 is 0 Å². The van der Waals surface area contributed by atoms with Crippen molar-refractivity contribution in [3.05, 3.63) is 59.6 Å². The van der Waals surface area contributed by atoms with Gasteiger partial charge in [0.15, 0.2) is 5.75 Å². The molecular formula is C23H27N3O4. The average Bonchev–Trinajstić information content (AvgIpc) is 3.09. The molecule has 0 aliphatic carbocycles. The van der Waals surface area contributed by atoms with E-state index in [9.17, 15) is 4.79 Å². The summed E-state index contributed by atoms with van der Waals surface area (Å²) in [6, 6.07) is 3.74. The maximum atomic E-state index is 12.9. The molecule has 7 nitrogen and oxygen atoms in total. The standard InChI is InChI=1S/C23H27N3O4/c1-6-17(7-2)26-14-19-21(23(26)27)15(4)11-18(25-19)16-12-20(28-5)22(24-13-16)30-10-9-29-8-3/h6-7,11-13H,1,8-10,14H2,2-5H3/b17-7+. The minimum atomic E-state index is -0.0525. The van der Waals surface area contributed by atoms with Crippen LogP contribution in [0.15, 0.2) is 42.8 Å². The lowest BCUT2D eigenvalue weighted by Gasteiger charge is -2.15. The minimum Gasteiger partial charge on any atom is -0.491 e. The van der Waals surface area contributed by atoms with Crippen LogP contribution in [0.4, 0.5) is 0 Å². The number of allylic oxidation sites excluding steroid dienone is 2. The zero-order valence-corrected chi connectivity index (χ0v) is 17.9. The molecule has 1 aliphatic heterocycles. The maximum Gasteiger partial charge on any atom is 0.260 e. The lowest BCUT2D eigenvalue weighted by Crippen LogP contribution is -2.22. The Kier molecular flexibility index (Phi) is 6.84. The monoisotopic (exact) mass is 409 g/mol. The fourth-order valence-corrected chi connectivity index (χ4v) is 3.41. The number of methoxy groups -OCH3 is 1. The fourth-order valence-electron chi connectivity index (χ4n) is 3.41. The van der Waals surface area contributed by atoms with Crippen LogP contribution < -0.4 is 9.47 Å². The van der Waals surface area contributed by atoms with Gasteiger partial charge in [-0.2, -0.15) is 0 Å². The number of aromatic nitrogens is 2. The van der Waals surface area contributed by atoms with Gasteiger partial charge in [-0.25, -0.2) is 4.98 Å². The molecule has 2 aromatic heterocycles. The quantitative estimate of drug-likeness (QED) is 0.462. The van der Waals surface area contributed by atoms with Gasteiger partial charge in [0, 0.05) is 24.1 Å². The number of hydrogen-bond donors (Lipinski definition) is 0. The summed E-state index contributed by atoms with van der Waals surface area (Å²) < 4.78 is 16.4. The van der Waals surface area contributed by atoms with Crippen molar-refractivity contribution in [2.45, 2.75) is 27.3 Å². The molecule has 0 bridgehead atoms. The van der Waals surface area contributed by atoms with Crippen LogP contribution in [-0.2, 0) is 11.3 Å². The molecule has 30 heavy (non-hydrogen) atoms. The Morgan fingerprint density at radius 1 is 1.33 bits per heavy atom. The molecule has 0 unspecified atom stereocenters. The summed E-state index contributed by atoms with van der Waals surface area (Å²) in [6.45, 7) is 11.5. The second-order valence-corrected chi connectivity index (χ2v) is 6.73. The summed E-state index contributed by atoms with van der Waals surface area (Å²) in [6.07, 6.45) is 5.24. The molecule has 0 saturated heterocycles. The molecule has 0 radical (unpaired) electrons. The third kappa shape index (κ3) is 4.21. The van der Waals surface area contributed by atoms with Crippen molar-refractivity contribution in [1.29, 1.82) is 0 Å². The van der Waals surface area contributed by atoms with Crippen molar-refractivity contribution in [3.63, 3.8) is 0 Å². The number of hydrogen-bond acceptors (Lipinski definition) is 6. The van der Waals surface area contributed by atoms with Gasteiger partial charge in [-0.3, -0.25) is 9.78 Å². The van der Waals surface area contributed by atoms with E-state index in [2.05, 4.69) is 11.6 Å². The van der Waals surface area contributed by atoms with Crippen molar-refractivity contribution < 1.29 is 19.0 Å². The Hall–Kier alpha value is -3.19. The summed E-state index contributed by atoms with van der Waals surface area (Å²) in [5, 5.41) is 0. The van der Waals surface area contributed by atoms with E-state index in [1.54, 1.807) is 24.3 Å². The number of fused-ring (bicyclic) bond motifs is 1. The van der Waals surface area contributed by atoms with E-state index in [0.717, 1.165) is 28.2 Å². The number of aryl methyl sites for hydroxylation is 1. The Labute approximate surface area is 177 Å². The van der Waals surface area contributed by atoms with Crippen LogP contribution in [0, 0.1) is 6.92 Å². The predicted octanol–water partition coefficient (Wildman–Crippen LogP) is 3.92. The predicted molar refractivity (Wildman–Crippen MR) is 115 cm³/mol. The maximum absolute atomic E-state index is 12.9. The molecule has 0 N–H and O–H groups in total. The zero-order valence-electron chi connectivity index (χ0n) is 17.9. The highest BCUT2D eigenvalue weighted by Crippen LogP contribution is 2.33. The van der Waals surface area contributed by atoms with E-state index in [4.69, 9.17) is 19.2 Å². The van der Waals surface area contributed by atoms with Gasteiger partial charge >= 0.3 is 0 Å². The van der Waals surface area contributed by atoms with Crippen LogP contribution in [0.5, 0.6) is 11.6 Å². The summed E-state index contributed by atoms with van der Waals surface area (Å²) in [5.41, 5.74) is 4.56. The number of amides is 1. The summed E-state index contributed by atoms with van der Waals surface area (Å²) >= 11 is 0. The highest BCUT2D eigenvalue weighted by atomic mass is 16.5. The van der Waals surface area contributed by atoms with Crippen molar-refractivity contribution in [2.24, 2.45) is 0 Å². The molecule has 3 heterocycles. The fraction of sp³-hybridized carbons (Fsp3) is 0.348. The first-order chi connectivity index (χ1) is 14.5. The average molecular weight is 409 g/mol. The third-order valence-corrected chi connectivity index (χ3v) is 4.88. The number of ether oxygens (including phenoxy) is 3. The minimum absolute atomic E-state index is 0.0525. The van der Waals surface area contributed by atoms with Gasteiger partial charge in [0.05, 0.1) is 37.2 Å². The normalized spacial score (nSPS) is 13.4. The van der Waals surface area contributed by atoms with E-state index in [1.165, 1.54) is 0 Å². The second-order valence-electron chi connectivity index (χ2n) is 6.73. The van der Waals surface area contributed by atoms with Crippen molar-refractivity contribution in [3.8, 4) is 22.9 Å². The van der Waals surface area contributed by atoms with Gasteiger partial charge in [0.1, 0.15) is 6.61 Å². The molecule has 158 valence electrons. The largest absolute Gasteiger partial charge is 0.491 e. The van der Waals surface area contributed by atoms with Gasteiger partial charge in [-0.1, -0.05) is 12.7 Å². The first-order valence-electron chi connectivity index (χ1n) is 9.90.